The molecule has 1 aliphatic rings. The Morgan fingerprint density at radius 2 is 2.21 bits per heavy atom. The van der Waals surface area contributed by atoms with E-state index in [1.54, 1.807) is 32.3 Å². The molecular weight excluding hydrogens is 418 g/mol. The predicted molar refractivity (Wildman–Crippen MR) is 125 cm³/mol. The van der Waals surface area contributed by atoms with E-state index in [0.29, 0.717) is 35.9 Å². The quantitative estimate of drug-likeness (QED) is 0.444. The number of hydrogen-bond acceptors (Lipinski definition) is 7. The van der Waals surface area contributed by atoms with Gasteiger partial charge in [0.1, 0.15) is 23.9 Å². The summed E-state index contributed by atoms with van der Waals surface area (Å²) in [6.07, 6.45) is 3.90. The number of aromatic nitrogens is 3. The molecule has 1 fully saturated rings. The molecule has 9 nitrogen and oxygen atoms in total. The van der Waals surface area contributed by atoms with Crippen molar-refractivity contribution in [1.29, 1.82) is 5.26 Å². The third-order valence-electron chi connectivity index (χ3n) is 5.52. The number of fused-ring (bicyclic) bond motifs is 1. The number of benzene rings is 1. The van der Waals surface area contributed by atoms with Gasteiger partial charge in [-0.25, -0.2) is 15.0 Å². The van der Waals surface area contributed by atoms with Crippen LogP contribution in [0.3, 0.4) is 0 Å². The van der Waals surface area contributed by atoms with Crippen LogP contribution >= 0.6 is 0 Å². The minimum atomic E-state index is -0.772. The summed E-state index contributed by atoms with van der Waals surface area (Å²) in [4.78, 5) is 27.4. The summed E-state index contributed by atoms with van der Waals surface area (Å²) in [7, 11) is 0. The topological polar surface area (TPSA) is 133 Å². The number of aliphatic hydroxyl groups is 1. The normalized spacial score (nSPS) is 15.8. The van der Waals surface area contributed by atoms with Gasteiger partial charge in [0.05, 0.1) is 17.1 Å². The average molecular weight is 444 g/mol. The van der Waals surface area contributed by atoms with Crippen LogP contribution in [0.5, 0.6) is 0 Å². The molecule has 3 aromatic rings. The Kier molecular flexibility index (Phi) is 6.20. The van der Waals surface area contributed by atoms with E-state index in [1.165, 1.54) is 6.08 Å². The van der Waals surface area contributed by atoms with Crippen molar-refractivity contribution >= 4 is 28.5 Å². The molecule has 1 atom stereocenters. The van der Waals surface area contributed by atoms with E-state index in [9.17, 15) is 9.90 Å². The summed E-state index contributed by atoms with van der Waals surface area (Å²) >= 11 is 0. The molecule has 1 saturated heterocycles. The highest BCUT2D eigenvalue weighted by Crippen LogP contribution is 2.27. The lowest BCUT2D eigenvalue weighted by atomic mass is 10.1. The molecule has 0 aliphatic carbocycles. The van der Waals surface area contributed by atoms with E-state index >= 15 is 0 Å². The Morgan fingerprint density at radius 1 is 1.39 bits per heavy atom. The van der Waals surface area contributed by atoms with Gasteiger partial charge in [-0.2, -0.15) is 5.26 Å². The zero-order valence-corrected chi connectivity index (χ0v) is 18.6. The van der Waals surface area contributed by atoms with E-state index < -0.39 is 6.10 Å². The first kappa shape index (κ1) is 22.2. The van der Waals surface area contributed by atoms with Crippen molar-refractivity contribution in [2.45, 2.75) is 39.3 Å². The van der Waals surface area contributed by atoms with E-state index in [1.807, 2.05) is 33.7 Å². The largest absolute Gasteiger partial charge is 0.390 e. The fourth-order valence-corrected chi connectivity index (χ4v) is 3.89. The van der Waals surface area contributed by atoms with Crippen LogP contribution < -0.4 is 5.73 Å². The SMILES string of the molecule is CC(/C=C(\N)C#N)=N\c1nc(-n2cnc3cc(CN4CCCC4=O)ccc32)ccc1C(C)O. The Morgan fingerprint density at radius 3 is 2.91 bits per heavy atom. The third kappa shape index (κ3) is 4.76. The van der Waals surface area contributed by atoms with Crippen molar-refractivity contribution < 1.29 is 9.90 Å². The minimum Gasteiger partial charge on any atom is -0.390 e. The summed E-state index contributed by atoms with van der Waals surface area (Å²) in [6, 6.07) is 11.4. The number of pyridine rings is 1. The van der Waals surface area contributed by atoms with E-state index in [4.69, 9.17) is 11.0 Å². The number of likely N-dealkylation sites (tertiary alicyclic amines) is 1. The Bertz CT molecular complexity index is 1310. The Balaban J connectivity index is 1.70. The fourth-order valence-electron chi connectivity index (χ4n) is 3.89. The van der Waals surface area contributed by atoms with Gasteiger partial charge < -0.3 is 15.7 Å². The van der Waals surface area contributed by atoms with Crippen LogP contribution in [0.2, 0.25) is 0 Å². The van der Waals surface area contributed by atoms with Crippen LogP contribution in [-0.4, -0.2) is 42.7 Å². The highest BCUT2D eigenvalue weighted by atomic mass is 16.3. The maximum Gasteiger partial charge on any atom is 0.222 e. The lowest BCUT2D eigenvalue weighted by Gasteiger charge is -2.15. The summed E-state index contributed by atoms with van der Waals surface area (Å²) in [6.45, 7) is 4.73. The van der Waals surface area contributed by atoms with Crippen molar-refractivity contribution in [1.82, 2.24) is 19.4 Å². The van der Waals surface area contributed by atoms with Gasteiger partial charge in [-0.1, -0.05) is 6.07 Å². The predicted octanol–water partition coefficient (Wildman–Crippen LogP) is 3.05. The van der Waals surface area contributed by atoms with Crippen LogP contribution in [0.15, 0.2) is 53.4 Å². The van der Waals surface area contributed by atoms with Crippen molar-refractivity contribution in [3.05, 3.63) is 59.6 Å². The number of allylic oxidation sites excluding steroid dienone is 2. The molecule has 1 unspecified atom stereocenters. The number of nitrogens with two attached hydrogens (primary N) is 1. The molecule has 2 aromatic heterocycles. The van der Waals surface area contributed by atoms with Crippen LogP contribution in [0.4, 0.5) is 5.82 Å². The number of carbonyl (C=O) groups excluding carboxylic acids is 1. The maximum absolute atomic E-state index is 11.9. The Hall–Kier alpha value is -4.03. The minimum absolute atomic E-state index is 0.0399. The molecular formula is C24H25N7O2. The van der Waals surface area contributed by atoms with E-state index in [0.717, 1.165) is 29.6 Å². The second-order valence-corrected chi connectivity index (χ2v) is 8.08. The van der Waals surface area contributed by atoms with Crippen LogP contribution in [0.25, 0.3) is 16.9 Å². The molecule has 4 rings (SSSR count). The van der Waals surface area contributed by atoms with Crippen molar-refractivity contribution in [3.63, 3.8) is 0 Å². The molecule has 0 bridgehead atoms. The summed E-state index contributed by atoms with van der Waals surface area (Å²) in [5.41, 5.74) is 9.37. The Labute approximate surface area is 191 Å². The maximum atomic E-state index is 11.9. The highest BCUT2D eigenvalue weighted by Gasteiger charge is 2.20. The second-order valence-electron chi connectivity index (χ2n) is 8.08. The van der Waals surface area contributed by atoms with Gasteiger partial charge in [0.25, 0.3) is 0 Å². The number of aliphatic hydroxyl groups excluding tert-OH is 1. The van der Waals surface area contributed by atoms with Gasteiger partial charge in [-0.3, -0.25) is 9.36 Å². The number of nitrogens with zero attached hydrogens (tertiary/aromatic N) is 6. The molecule has 1 amide bonds. The first-order valence-electron chi connectivity index (χ1n) is 10.7. The fraction of sp³-hybridized carbons (Fsp3) is 0.292. The van der Waals surface area contributed by atoms with Gasteiger partial charge >= 0.3 is 0 Å². The van der Waals surface area contributed by atoms with Crippen molar-refractivity contribution in [3.8, 4) is 11.9 Å². The molecule has 0 saturated carbocycles. The van der Waals surface area contributed by atoms with Gasteiger partial charge in [-0.05, 0) is 56.2 Å². The number of rotatable bonds is 6. The van der Waals surface area contributed by atoms with Gasteiger partial charge in [0, 0.05) is 30.8 Å². The molecule has 33 heavy (non-hydrogen) atoms. The zero-order chi connectivity index (χ0) is 23.5. The number of aliphatic imine (C=N–C) groups is 1. The molecule has 0 spiro atoms. The monoisotopic (exact) mass is 443 g/mol. The van der Waals surface area contributed by atoms with E-state index in [-0.39, 0.29) is 11.6 Å². The number of amides is 1. The molecule has 9 heteroatoms. The summed E-state index contributed by atoms with van der Waals surface area (Å²) < 4.78 is 1.85. The van der Waals surface area contributed by atoms with Gasteiger partial charge in [0.2, 0.25) is 5.91 Å². The molecule has 3 heterocycles. The molecule has 0 radical (unpaired) electrons. The van der Waals surface area contributed by atoms with Gasteiger partial charge in [0.15, 0.2) is 5.82 Å². The zero-order valence-electron chi connectivity index (χ0n) is 18.6. The first-order chi connectivity index (χ1) is 15.9. The molecule has 3 N–H and O–H groups in total. The second kappa shape index (κ2) is 9.22. The standard InChI is InChI=1S/C24H25N7O2/c1-15(10-18(26)12-25)28-24-19(16(2)32)6-8-22(29-24)31-14-27-20-11-17(5-7-21(20)31)13-30-9-3-4-23(30)33/h5-8,10-11,14,16,32H,3-4,9,13,26H2,1-2H3/b18-10-,28-15+. The molecule has 1 aromatic carbocycles. The first-order valence-corrected chi connectivity index (χ1v) is 10.7. The third-order valence-corrected chi connectivity index (χ3v) is 5.52. The van der Waals surface area contributed by atoms with Crippen molar-refractivity contribution in [2.75, 3.05) is 6.54 Å². The van der Waals surface area contributed by atoms with E-state index in [2.05, 4.69) is 15.0 Å². The lowest BCUT2D eigenvalue weighted by Crippen LogP contribution is -2.23. The van der Waals surface area contributed by atoms with Crippen LogP contribution in [0.1, 0.15) is 43.9 Å². The lowest BCUT2D eigenvalue weighted by molar-refractivity contribution is -0.128. The number of carbonyl (C=O) groups is 1. The highest BCUT2D eigenvalue weighted by molar-refractivity contribution is 5.95. The van der Waals surface area contributed by atoms with Gasteiger partial charge in [-0.15, -0.1) is 0 Å². The molecule has 1 aliphatic heterocycles. The smallest absolute Gasteiger partial charge is 0.222 e. The molecule has 168 valence electrons. The van der Waals surface area contributed by atoms with Crippen LogP contribution in [0, 0.1) is 11.3 Å². The number of hydrogen-bond donors (Lipinski definition) is 2. The average Bonchev–Trinajstić information content (AvgIpc) is 3.39. The van der Waals surface area contributed by atoms with Crippen molar-refractivity contribution in [2.24, 2.45) is 10.7 Å². The van der Waals surface area contributed by atoms with Crippen LogP contribution in [-0.2, 0) is 11.3 Å². The summed E-state index contributed by atoms with van der Waals surface area (Å²) in [5, 5.41) is 19.0. The number of nitriles is 1. The summed E-state index contributed by atoms with van der Waals surface area (Å²) in [5.74, 6) is 1.12. The number of imidazole rings is 1.